The van der Waals surface area contributed by atoms with Crippen molar-refractivity contribution in [2.24, 2.45) is 5.92 Å². The van der Waals surface area contributed by atoms with Gasteiger partial charge < -0.3 is 15.5 Å². The first-order valence-electron chi connectivity index (χ1n) is 5.55. The van der Waals surface area contributed by atoms with Crippen molar-refractivity contribution in [3.8, 4) is 0 Å². The van der Waals surface area contributed by atoms with Gasteiger partial charge in [0.1, 0.15) is 0 Å². The number of nitrogens with one attached hydrogen (secondary N) is 2. The molecule has 2 aliphatic rings. The maximum absolute atomic E-state index is 3.62. The van der Waals surface area contributed by atoms with E-state index in [1.54, 1.807) is 0 Å². The summed E-state index contributed by atoms with van der Waals surface area (Å²) in [6, 6.07) is 0.760. The van der Waals surface area contributed by atoms with Crippen LogP contribution < -0.4 is 10.6 Å². The van der Waals surface area contributed by atoms with Crippen LogP contribution in [0.25, 0.3) is 0 Å². The summed E-state index contributed by atoms with van der Waals surface area (Å²) in [5.41, 5.74) is 0. The molecule has 0 radical (unpaired) electrons. The van der Waals surface area contributed by atoms with Crippen LogP contribution in [0.15, 0.2) is 0 Å². The average Bonchev–Trinajstić information content (AvgIpc) is 2.49. The molecule has 0 saturated carbocycles. The number of nitrogens with zero attached hydrogens (tertiary/aromatic N) is 1. The van der Waals surface area contributed by atoms with Crippen molar-refractivity contribution < 1.29 is 0 Å². The zero-order valence-corrected chi connectivity index (χ0v) is 8.55. The minimum atomic E-state index is 0.760. The third-order valence-electron chi connectivity index (χ3n) is 3.29. The van der Waals surface area contributed by atoms with E-state index in [1.165, 1.54) is 45.7 Å². The summed E-state index contributed by atoms with van der Waals surface area (Å²) in [5, 5.41) is 6.90. The van der Waals surface area contributed by atoms with Gasteiger partial charge in [0.05, 0.1) is 0 Å². The molecule has 2 N–H and O–H groups in total. The molecule has 0 spiro atoms. The third kappa shape index (κ3) is 2.42. The normalized spacial score (nSPS) is 30.7. The van der Waals surface area contributed by atoms with Crippen LogP contribution in [0.4, 0.5) is 0 Å². The molecular weight excluding hydrogens is 162 g/mol. The van der Waals surface area contributed by atoms with Gasteiger partial charge in [0.25, 0.3) is 0 Å². The summed E-state index contributed by atoms with van der Waals surface area (Å²) < 4.78 is 0. The Morgan fingerprint density at radius 2 is 2.31 bits per heavy atom. The van der Waals surface area contributed by atoms with Crippen LogP contribution in [-0.4, -0.2) is 50.2 Å². The Morgan fingerprint density at radius 1 is 1.46 bits per heavy atom. The fraction of sp³-hybridized carbons (Fsp3) is 1.00. The van der Waals surface area contributed by atoms with Gasteiger partial charge in [-0.3, -0.25) is 0 Å². The molecule has 0 aromatic carbocycles. The van der Waals surface area contributed by atoms with Crippen LogP contribution in [-0.2, 0) is 0 Å². The molecule has 0 aliphatic carbocycles. The predicted octanol–water partition coefficient (Wildman–Crippen LogP) is -0.110. The van der Waals surface area contributed by atoms with Crippen molar-refractivity contribution in [1.82, 2.24) is 15.5 Å². The molecule has 3 nitrogen and oxygen atoms in total. The minimum Gasteiger partial charge on any atom is -0.314 e. The first-order valence-corrected chi connectivity index (χ1v) is 5.55. The van der Waals surface area contributed by atoms with Gasteiger partial charge in [0.2, 0.25) is 0 Å². The van der Waals surface area contributed by atoms with E-state index >= 15 is 0 Å². The van der Waals surface area contributed by atoms with E-state index in [1.807, 2.05) is 0 Å². The van der Waals surface area contributed by atoms with Crippen LogP contribution in [0.2, 0.25) is 0 Å². The molecule has 2 rings (SSSR count). The Morgan fingerprint density at radius 3 is 2.85 bits per heavy atom. The van der Waals surface area contributed by atoms with Crippen LogP contribution in [0.1, 0.15) is 13.3 Å². The number of likely N-dealkylation sites (tertiary alicyclic amines) is 1. The zero-order chi connectivity index (χ0) is 9.10. The van der Waals surface area contributed by atoms with E-state index in [0.29, 0.717) is 0 Å². The summed E-state index contributed by atoms with van der Waals surface area (Å²) >= 11 is 0. The molecule has 2 heterocycles. The fourth-order valence-electron chi connectivity index (χ4n) is 2.13. The first kappa shape index (κ1) is 9.44. The Hall–Kier alpha value is -0.120. The minimum absolute atomic E-state index is 0.760. The maximum Gasteiger partial charge on any atom is 0.0317 e. The van der Waals surface area contributed by atoms with Crippen molar-refractivity contribution in [3.05, 3.63) is 0 Å². The highest BCUT2D eigenvalue weighted by Crippen LogP contribution is 2.14. The molecule has 0 aromatic rings. The standard InChI is InChI=1S/C10H21N3/c1-2-13-4-3-9(8-13)5-12-10-6-11-7-10/h9-12H,2-8H2,1H3. The number of hydrogen-bond donors (Lipinski definition) is 2. The third-order valence-corrected chi connectivity index (χ3v) is 3.29. The van der Waals surface area contributed by atoms with Gasteiger partial charge in [-0.2, -0.15) is 0 Å². The van der Waals surface area contributed by atoms with Crippen molar-refractivity contribution >= 4 is 0 Å². The van der Waals surface area contributed by atoms with Gasteiger partial charge in [-0.25, -0.2) is 0 Å². The Kier molecular flexibility index (Phi) is 3.19. The molecule has 0 aromatic heterocycles. The van der Waals surface area contributed by atoms with Crippen molar-refractivity contribution in [1.29, 1.82) is 0 Å². The SMILES string of the molecule is CCN1CCC(CNC2CNC2)C1. The summed E-state index contributed by atoms with van der Waals surface area (Å²) in [6.07, 6.45) is 1.39. The highest BCUT2D eigenvalue weighted by Gasteiger charge is 2.23. The largest absolute Gasteiger partial charge is 0.314 e. The highest BCUT2D eigenvalue weighted by molar-refractivity contribution is 4.84. The molecule has 76 valence electrons. The second-order valence-electron chi connectivity index (χ2n) is 4.31. The Bertz CT molecular complexity index is 156. The summed E-state index contributed by atoms with van der Waals surface area (Å²) in [6.45, 7) is 9.67. The van der Waals surface area contributed by atoms with Crippen LogP contribution in [0.3, 0.4) is 0 Å². The highest BCUT2D eigenvalue weighted by atomic mass is 15.2. The molecule has 0 bridgehead atoms. The van der Waals surface area contributed by atoms with Gasteiger partial charge >= 0.3 is 0 Å². The molecule has 2 fully saturated rings. The molecule has 0 amide bonds. The second kappa shape index (κ2) is 4.40. The quantitative estimate of drug-likeness (QED) is 0.637. The van der Waals surface area contributed by atoms with Crippen molar-refractivity contribution in [3.63, 3.8) is 0 Å². The molecule has 2 aliphatic heterocycles. The molecule has 3 heteroatoms. The van der Waals surface area contributed by atoms with Crippen LogP contribution in [0.5, 0.6) is 0 Å². The summed E-state index contributed by atoms with van der Waals surface area (Å²) in [7, 11) is 0. The summed E-state index contributed by atoms with van der Waals surface area (Å²) in [4.78, 5) is 2.55. The van der Waals surface area contributed by atoms with E-state index in [9.17, 15) is 0 Å². The average molecular weight is 183 g/mol. The van der Waals surface area contributed by atoms with Crippen LogP contribution >= 0.6 is 0 Å². The maximum atomic E-state index is 3.62. The lowest BCUT2D eigenvalue weighted by Crippen LogP contribution is -2.56. The van der Waals surface area contributed by atoms with Gasteiger partial charge in [-0.15, -0.1) is 0 Å². The van der Waals surface area contributed by atoms with Crippen LogP contribution in [0, 0.1) is 5.92 Å². The van der Waals surface area contributed by atoms with Crippen molar-refractivity contribution in [2.45, 2.75) is 19.4 Å². The van der Waals surface area contributed by atoms with Gasteiger partial charge in [0.15, 0.2) is 0 Å². The summed E-state index contributed by atoms with van der Waals surface area (Å²) in [5.74, 6) is 0.903. The molecular formula is C10H21N3. The van der Waals surface area contributed by atoms with Gasteiger partial charge in [0, 0.05) is 25.7 Å². The topological polar surface area (TPSA) is 27.3 Å². The number of rotatable bonds is 4. The monoisotopic (exact) mass is 183 g/mol. The molecule has 2 saturated heterocycles. The van der Waals surface area contributed by atoms with Gasteiger partial charge in [-0.05, 0) is 32.0 Å². The lowest BCUT2D eigenvalue weighted by molar-refractivity contribution is 0.316. The lowest BCUT2D eigenvalue weighted by atomic mass is 10.1. The molecule has 1 unspecified atom stereocenters. The van der Waals surface area contributed by atoms with Gasteiger partial charge in [-0.1, -0.05) is 6.92 Å². The smallest absolute Gasteiger partial charge is 0.0317 e. The predicted molar refractivity (Wildman–Crippen MR) is 54.9 cm³/mol. The molecule has 13 heavy (non-hydrogen) atoms. The van der Waals surface area contributed by atoms with E-state index < -0.39 is 0 Å². The van der Waals surface area contributed by atoms with E-state index in [4.69, 9.17) is 0 Å². The Labute approximate surface area is 80.9 Å². The molecule has 1 atom stereocenters. The lowest BCUT2D eigenvalue weighted by Gasteiger charge is -2.29. The zero-order valence-electron chi connectivity index (χ0n) is 8.55. The van der Waals surface area contributed by atoms with Crippen molar-refractivity contribution in [2.75, 3.05) is 39.3 Å². The van der Waals surface area contributed by atoms with E-state index in [-0.39, 0.29) is 0 Å². The van der Waals surface area contributed by atoms with E-state index in [0.717, 1.165) is 12.0 Å². The fourth-order valence-corrected chi connectivity index (χ4v) is 2.13. The Balaban J connectivity index is 1.59. The van der Waals surface area contributed by atoms with E-state index in [2.05, 4.69) is 22.5 Å². The number of hydrogen-bond acceptors (Lipinski definition) is 3. The first-order chi connectivity index (χ1) is 6.38. The second-order valence-corrected chi connectivity index (χ2v) is 4.31.